The van der Waals surface area contributed by atoms with Gasteiger partial charge in [-0.25, -0.2) is 0 Å². The highest BCUT2D eigenvalue weighted by Crippen LogP contribution is 2.17. The van der Waals surface area contributed by atoms with Crippen molar-refractivity contribution in [2.45, 2.75) is 40.3 Å². The lowest BCUT2D eigenvalue weighted by Crippen LogP contribution is -2.42. The molecule has 0 spiro atoms. The molecule has 0 aromatic heterocycles. The van der Waals surface area contributed by atoms with E-state index < -0.39 is 0 Å². The molecule has 0 aliphatic carbocycles. The molecule has 0 N–H and O–H groups in total. The first kappa shape index (κ1) is 15.7. The van der Waals surface area contributed by atoms with Gasteiger partial charge >= 0.3 is 0 Å². The first-order valence-electron chi connectivity index (χ1n) is 6.72. The van der Waals surface area contributed by atoms with E-state index in [-0.39, 0.29) is 11.9 Å². The predicted molar refractivity (Wildman–Crippen MR) is 80.3 cm³/mol. The average molecular weight is 262 g/mol. The third-order valence-electron chi connectivity index (χ3n) is 3.83. The van der Waals surface area contributed by atoms with Gasteiger partial charge in [-0.1, -0.05) is 12.1 Å². The second kappa shape index (κ2) is 6.20. The lowest BCUT2D eigenvalue weighted by atomic mass is 10.0. The van der Waals surface area contributed by atoms with Crippen molar-refractivity contribution in [3.05, 3.63) is 34.4 Å². The molecule has 1 amide bonds. The zero-order chi connectivity index (χ0) is 14.7. The van der Waals surface area contributed by atoms with Crippen molar-refractivity contribution in [3.63, 3.8) is 0 Å². The number of carbonyl (C=O) groups excluding carboxylic acids is 1. The second-order valence-corrected chi connectivity index (χ2v) is 5.69. The van der Waals surface area contributed by atoms with E-state index in [0.717, 1.165) is 6.54 Å². The molecule has 0 fully saturated rings. The summed E-state index contributed by atoms with van der Waals surface area (Å²) in [5, 5.41) is 0. The smallest absolute Gasteiger partial charge is 0.239 e. The zero-order valence-electron chi connectivity index (χ0n) is 13.2. The molecule has 1 aromatic carbocycles. The number of hydrogen-bond acceptors (Lipinski definition) is 2. The molecule has 1 aromatic rings. The molecule has 0 heterocycles. The molecule has 0 saturated heterocycles. The second-order valence-electron chi connectivity index (χ2n) is 5.69. The maximum atomic E-state index is 12.0. The van der Waals surface area contributed by atoms with Crippen molar-refractivity contribution in [3.8, 4) is 0 Å². The summed E-state index contributed by atoms with van der Waals surface area (Å²) in [5.74, 6) is 0.143. The highest BCUT2D eigenvalue weighted by atomic mass is 16.2. The van der Waals surface area contributed by atoms with Crippen LogP contribution in [0.4, 0.5) is 0 Å². The topological polar surface area (TPSA) is 23.6 Å². The van der Waals surface area contributed by atoms with E-state index in [4.69, 9.17) is 0 Å². The number of benzene rings is 1. The SMILES string of the molecule is Cc1cc(C)c(CN(C)[C@@H](C)C(=O)N(C)C)cc1C. The standard InChI is InChI=1S/C16H26N2O/c1-11-8-13(3)15(9-12(11)2)10-18(7)14(4)16(19)17(5)6/h8-9,14H,10H2,1-7H3/t14-/m0/s1. The van der Waals surface area contributed by atoms with Crippen LogP contribution in [-0.4, -0.2) is 42.9 Å². The quantitative estimate of drug-likeness (QED) is 0.832. The first-order chi connectivity index (χ1) is 8.73. The molecule has 106 valence electrons. The van der Waals surface area contributed by atoms with E-state index in [1.165, 1.54) is 22.3 Å². The third-order valence-corrected chi connectivity index (χ3v) is 3.83. The minimum Gasteiger partial charge on any atom is -0.347 e. The van der Waals surface area contributed by atoms with Crippen molar-refractivity contribution >= 4 is 5.91 Å². The maximum absolute atomic E-state index is 12.0. The lowest BCUT2D eigenvalue weighted by molar-refractivity contribution is -0.133. The molecule has 0 aliphatic heterocycles. The monoisotopic (exact) mass is 262 g/mol. The molecule has 0 unspecified atom stereocenters. The van der Waals surface area contributed by atoms with E-state index in [1.54, 1.807) is 19.0 Å². The Balaban J connectivity index is 2.85. The summed E-state index contributed by atoms with van der Waals surface area (Å²) in [7, 11) is 5.60. The molecule has 0 radical (unpaired) electrons. The summed E-state index contributed by atoms with van der Waals surface area (Å²) in [5.41, 5.74) is 5.21. The maximum Gasteiger partial charge on any atom is 0.239 e. The fourth-order valence-electron chi connectivity index (χ4n) is 2.16. The van der Waals surface area contributed by atoms with Crippen LogP contribution in [0.5, 0.6) is 0 Å². The van der Waals surface area contributed by atoms with Gasteiger partial charge in [-0.2, -0.15) is 0 Å². The van der Waals surface area contributed by atoms with E-state index in [0.29, 0.717) is 0 Å². The molecule has 1 rings (SSSR count). The van der Waals surface area contributed by atoms with Crippen LogP contribution < -0.4 is 0 Å². The fourth-order valence-corrected chi connectivity index (χ4v) is 2.16. The van der Waals surface area contributed by atoms with Gasteiger partial charge in [0.2, 0.25) is 5.91 Å². The molecule has 3 heteroatoms. The van der Waals surface area contributed by atoms with Crippen LogP contribution in [-0.2, 0) is 11.3 Å². The van der Waals surface area contributed by atoms with Gasteiger partial charge < -0.3 is 4.90 Å². The number of rotatable bonds is 4. The van der Waals surface area contributed by atoms with Gasteiger partial charge in [0.05, 0.1) is 6.04 Å². The Bertz CT molecular complexity index is 466. The van der Waals surface area contributed by atoms with Crippen LogP contribution in [0.2, 0.25) is 0 Å². The lowest BCUT2D eigenvalue weighted by Gasteiger charge is -2.27. The average Bonchev–Trinajstić information content (AvgIpc) is 2.33. The van der Waals surface area contributed by atoms with Crippen molar-refractivity contribution < 1.29 is 4.79 Å². The summed E-state index contributed by atoms with van der Waals surface area (Å²) in [4.78, 5) is 15.7. The minimum atomic E-state index is -0.101. The third kappa shape index (κ3) is 3.80. The highest BCUT2D eigenvalue weighted by molar-refractivity contribution is 5.80. The first-order valence-corrected chi connectivity index (χ1v) is 6.72. The molecular weight excluding hydrogens is 236 g/mol. The molecule has 0 saturated carbocycles. The normalized spacial score (nSPS) is 12.6. The molecule has 3 nitrogen and oxygen atoms in total. The van der Waals surface area contributed by atoms with Gasteiger partial charge in [-0.05, 0) is 57.0 Å². The summed E-state index contributed by atoms with van der Waals surface area (Å²) in [6, 6.07) is 4.35. The number of hydrogen-bond donors (Lipinski definition) is 0. The van der Waals surface area contributed by atoms with Crippen LogP contribution in [0.3, 0.4) is 0 Å². The van der Waals surface area contributed by atoms with Crippen LogP contribution in [0.15, 0.2) is 12.1 Å². The summed E-state index contributed by atoms with van der Waals surface area (Å²) in [6.45, 7) is 9.15. The Hall–Kier alpha value is -1.35. The van der Waals surface area contributed by atoms with Crippen molar-refractivity contribution in [2.75, 3.05) is 21.1 Å². The summed E-state index contributed by atoms with van der Waals surface area (Å²) >= 11 is 0. The number of aryl methyl sites for hydroxylation is 3. The largest absolute Gasteiger partial charge is 0.347 e. The zero-order valence-corrected chi connectivity index (χ0v) is 13.2. The van der Waals surface area contributed by atoms with E-state index >= 15 is 0 Å². The Labute approximate surface area is 117 Å². The molecule has 0 bridgehead atoms. The van der Waals surface area contributed by atoms with Gasteiger partial charge in [-0.15, -0.1) is 0 Å². The van der Waals surface area contributed by atoms with Gasteiger partial charge in [0.25, 0.3) is 0 Å². The Morgan fingerprint density at radius 2 is 1.58 bits per heavy atom. The molecular formula is C16H26N2O. The number of amides is 1. The van der Waals surface area contributed by atoms with Crippen molar-refractivity contribution in [2.24, 2.45) is 0 Å². The predicted octanol–water partition coefficient (Wildman–Crippen LogP) is 2.52. The van der Waals surface area contributed by atoms with Crippen molar-refractivity contribution in [1.82, 2.24) is 9.80 Å². The van der Waals surface area contributed by atoms with E-state index in [1.807, 2.05) is 14.0 Å². The highest BCUT2D eigenvalue weighted by Gasteiger charge is 2.20. The number of nitrogens with zero attached hydrogens (tertiary/aromatic N) is 2. The van der Waals surface area contributed by atoms with Gasteiger partial charge in [-0.3, -0.25) is 9.69 Å². The number of carbonyl (C=O) groups is 1. The van der Waals surface area contributed by atoms with Gasteiger partial charge in [0.15, 0.2) is 0 Å². The van der Waals surface area contributed by atoms with E-state index in [2.05, 4.69) is 37.8 Å². The Morgan fingerprint density at radius 3 is 2.11 bits per heavy atom. The summed E-state index contributed by atoms with van der Waals surface area (Å²) < 4.78 is 0. The van der Waals surface area contributed by atoms with Crippen LogP contribution in [0.25, 0.3) is 0 Å². The van der Waals surface area contributed by atoms with E-state index in [9.17, 15) is 4.79 Å². The summed E-state index contributed by atoms with van der Waals surface area (Å²) in [6.07, 6.45) is 0. The molecule has 1 atom stereocenters. The minimum absolute atomic E-state index is 0.101. The fraction of sp³-hybridized carbons (Fsp3) is 0.562. The number of likely N-dealkylation sites (N-methyl/N-ethyl adjacent to an activating group) is 2. The van der Waals surface area contributed by atoms with Crippen molar-refractivity contribution in [1.29, 1.82) is 0 Å². The van der Waals surface area contributed by atoms with Crippen LogP contribution >= 0.6 is 0 Å². The Kier molecular flexibility index (Phi) is 5.12. The van der Waals surface area contributed by atoms with Gasteiger partial charge in [0, 0.05) is 20.6 Å². The van der Waals surface area contributed by atoms with Crippen LogP contribution in [0.1, 0.15) is 29.2 Å². The molecule has 0 aliphatic rings. The van der Waals surface area contributed by atoms with Gasteiger partial charge in [0.1, 0.15) is 0 Å². The van der Waals surface area contributed by atoms with Crippen LogP contribution in [0, 0.1) is 20.8 Å². The molecule has 19 heavy (non-hydrogen) atoms. The Morgan fingerprint density at radius 1 is 1.05 bits per heavy atom.